The third-order valence-electron chi connectivity index (χ3n) is 1.99. The quantitative estimate of drug-likeness (QED) is 0.663. The van der Waals surface area contributed by atoms with Gasteiger partial charge in [-0.1, -0.05) is 6.92 Å². The highest BCUT2D eigenvalue weighted by atomic mass is 14.7. The molecule has 0 aliphatic rings. The summed E-state index contributed by atoms with van der Waals surface area (Å²) >= 11 is 0. The first-order chi connectivity index (χ1) is 5.16. The summed E-state index contributed by atoms with van der Waals surface area (Å²) in [7, 11) is 0. The van der Waals surface area contributed by atoms with Crippen LogP contribution in [0.5, 0.6) is 0 Å². The zero-order valence-corrected chi connectivity index (χ0v) is 7.31. The van der Waals surface area contributed by atoms with Crippen LogP contribution >= 0.6 is 0 Å². The van der Waals surface area contributed by atoms with Crippen LogP contribution in [0, 0.1) is 13.8 Å². The summed E-state index contributed by atoms with van der Waals surface area (Å²) in [4.78, 5) is 4.23. The van der Waals surface area contributed by atoms with Crippen LogP contribution in [0.3, 0.4) is 0 Å². The van der Waals surface area contributed by atoms with Crippen LogP contribution in [0.4, 0.5) is 5.69 Å². The molecular formula is C9H14N2. The Labute approximate surface area is 67.5 Å². The van der Waals surface area contributed by atoms with E-state index in [4.69, 9.17) is 5.73 Å². The summed E-state index contributed by atoms with van der Waals surface area (Å²) < 4.78 is 0. The van der Waals surface area contributed by atoms with E-state index in [2.05, 4.69) is 11.9 Å². The number of aryl methyl sites for hydroxylation is 2. The van der Waals surface area contributed by atoms with E-state index in [1.807, 2.05) is 20.0 Å². The molecule has 0 unspecified atom stereocenters. The topological polar surface area (TPSA) is 38.9 Å². The summed E-state index contributed by atoms with van der Waals surface area (Å²) in [6, 6.07) is 0. The van der Waals surface area contributed by atoms with Gasteiger partial charge in [0.25, 0.3) is 0 Å². The van der Waals surface area contributed by atoms with Gasteiger partial charge in [0.05, 0.1) is 0 Å². The van der Waals surface area contributed by atoms with Crippen molar-refractivity contribution in [2.24, 2.45) is 0 Å². The molecule has 0 fully saturated rings. The molecule has 1 rings (SSSR count). The van der Waals surface area contributed by atoms with Crippen LogP contribution in [0.1, 0.15) is 23.7 Å². The maximum Gasteiger partial charge on any atom is 0.0425 e. The molecule has 0 saturated heterocycles. The Morgan fingerprint density at radius 1 is 1.45 bits per heavy atom. The van der Waals surface area contributed by atoms with Crippen LogP contribution < -0.4 is 5.73 Å². The van der Waals surface area contributed by atoms with Crippen molar-refractivity contribution in [2.45, 2.75) is 27.2 Å². The van der Waals surface area contributed by atoms with Crippen LogP contribution in [0.2, 0.25) is 0 Å². The van der Waals surface area contributed by atoms with Crippen LogP contribution in [-0.4, -0.2) is 4.98 Å². The molecule has 2 N–H and O–H groups in total. The Morgan fingerprint density at radius 3 is 2.55 bits per heavy atom. The minimum Gasteiger partial charge on any atom is -0.398 e. The van der Waals surface area contributed by atoms with E-state index in [9.17, 15) is 0 Å². The summed E-state index contributed by atoms with van der Waals surface area (Å²) in [6.45, 7) is 6.08. The average molecular weight is 150 g/mol. The Morgan fingerprint density at radius 2 is 2.09 bits per heavy atom. The number of aromatic nitrogens is 1. The van der Waals surface area contributed by atoms with Gasteiger partial charge in [0, 0.05) is 17.6 Å². The molecule has 0 amide bonds. The molecule has 0 aliphatic heterocycles. The van der Waals surface area contributed by atoms with Crippen LogP contribution in [0.25, 0.3) is 0 Å². The van der Waals surface area contributed by atoms with E-state index in [1.165, 1.54) is 5.56 Å². The van der Waals surface area contributed by atoms with E-state index >= 15 is 0 Å². The van der Waals surface area contributed by atoms with E-state index in [-0.39, 0.29) is 0 Å². The van der Waals surface area contributed by atoms with Gasteiger partial charge in [-0.2, -0.15) is 0 Å². The highest BCUT2D eigenvalue weighted by molar-refractivity contribution is 5.53. The fraction of sp³-hybridized carbons (Fsp3) is 0.444. The number of hydrogen-bond donors (Lipinski definition) is 1. The van der Waals surface area contributed by atoms with Crippen molar-refractivity contribution < 1.29 is 0 Å². The lowest BCUT2D eigenvalue weighted by Gasteiger charge is -2.07. The molecule has 0 saturated carbocycles. The van der Waals surface area contributed by atoms with Gasteiger partial charge < -0.3 is 5.73 Å². The smallest absolute Gasteiger partial charge is 0.0425 e. The first kappa shape index (κ1) is 8.05. The Bertz CT molecular complexity index is 267. The molecule has 0 bridgehead atoms. The van der Waals surface area contributed by atoms with Crippen molar-refractivity contribution in [3.63, 3.8) is 0 Å². The number of rotatable bonds is 1. The number of nitrogens with two attached hydrogens (primary N) is 1. The molecule has 60 valence electrons. The fourth-order valence-corrected chi connectivity index (χ4v) is 1.22. The Kier molecular flexibility index (Phi) is 2.13. The van der Waals surface area contributed by atoms with Gasteiger partial charge in [-0.3, -0.25) is 4.98 Å². The molecule has 1 aromatic rings. The van der Waals surface area contributed by atoms with Crippen LogP contribution in [-0.2, 0) is 6.42 Å². The number of nitrogen functional groups attached to an aromatic ring is 1. The van der Waals surface area contributed by atoms with Crippen molar-refractivity contribution in [3.05, 3.63) is 23.0 Å². The lowest BCUT2D eigenvalue weighted by Crippen LogP contribution is -2.00. The lowest BCUT2D eigenvalue weighted by atomic mass is 10.1. The van der Waals surface area contributed by atoms with Gasteiger partial charge in [-0.25, -0.2) is 0 Å². The molecular weight excluding hydrogens is 136 g/mol. The third kappa shape index (κ3) is 1.34. The number of hydrogen-bond acceptors (Lipinski definition) is 2. The van der Waals surface area contributed by atoms with Crippen molar-refractivity contribution in [3.8, 4) is 0 Å². The molecule has 2 nitrogen and oxygen atoms in total. The fourth-order valence-electron chi connectivity index (χ4n) is 1.22. The highest BCUT2D eigenvalue weighted by Gasteiger charge is 2.03. The first-order valence-electron chi connectivity index (χ1n) is 3.87. The molecule has 1 aromatic heterocycles. The molecule has 0 aromatic carbocycles. The maximum absolute atomic E-state index is 5.85. The molecule has 0 atom stereocenters. The SMILES string of the molecule is CCc1c(C)ncc(C)c1N. The van der Waals surface area contributed by atoms with Crippen LogP contribution in [0.15, 0.2) is 6.20 Å². The second-order valence-electron chi connectivity index (χ2n) is 2.77. The molecule has 11 heavy (non-hydrogen) atoms. The van der Waals surface area contributed by atoms with Crippen molar-refractivity contribution >= 4 is 5.69 Å². The predicted octanol–water partition coefficient (Wildman–Crippen LogP) is 1.84. The average Bonchev–Trinajstić information content (AvgIpc) is 1.99. The van der Waals surface area contributed by atoms with E-state index in [0.717, 1.165) is 23.4 Å². The normalized spacial score (nSPS) is 10.1. The van der Waals surface area contributed by atoms with Gasteiger partial charge >= 0.3 is 0 Å². The Hall–Kier alpha value is -1.05. The first-order valence-corrected chi connectivity index (χ1v) is 3.87. The lowest BCUT2D eigenvalue weighted by molar-refractivity contribution is 1.04. The molecule has 0 aliphatic carbocycles. The monoisotopic (exact) mass is 150 g/mol. The molecule has 2 heteroatoms. The summed E-state index contributed by atoms with van der Waals surface area (Å²) in [5, 5.41) is 0. The van der Waals surface area contributed by atoms with E-state index in [1.54, 1.807) is 0 Å². The highest BCUT2D eigenvalue weighted by Crippen LogP contribution is 2.18. The second-order valence-corrected chi connectivity index (χ2v) is 2.77. The second kappa shape index (κ2) is 2.91. The summed E-state index contributed by atoms with van der Waals surface area (Å²) in [5.41, 5.74) is 10.1. The van der Waals surface area contributed by atoms with Gasteiger partial charge in [0.1, 0.15) is 0 Å². The largest absolute Gasteiger partial charge is 0.398 e. The van der Waals surface area contributed by atoms with Gasteiger partial charge in [0.15, 0.2) is 0 Å². The molecule has 1 heterocycles. The molecule has 0 spiro atoms. The van der Waals surface area contributed by atoms with E-state index in [0.29, 0.717) is 0 Å². The summed E-state index contributed by atoms with van der Waals surface area (Å²) in [6.07, 6.45) is 2.79. The predicted molar refractivity (Wildman–Crippen MR) is 47.5 cm³/mol. The molecule has 0 radical (unpaired) electrons. The Balaban J connectivity index is 3.29. The van der Waals surface area contributed by atoms with Crippen molar-refractivity contribution in [1.29, 1.82) is 0 Å². The number of nitrogens with zero attached hydrogens (tertiary/aromatic N) is 1. The van der Waals surface area contributed by atoms with Gasteiger partial charge in [-0.15, -0.1) is 0 Å². The minimum absolute atomic E-state index is 0.903. The summed E-state index contributed by atoms with van der Waals surface area (Å²) in [5.74, 6) is 0. The number of anilines is 1. The maximum atomic E-state index is 5.85. The van der Waals surface area contributed by atoms with Gasteiger partial charge in [-0.05, 0) is 31.4 Å². The van der Waals surface area contributed by atoms with Crippen molar-refractivity contribution in [1.82, 2.24) is 4.98 Å². The zero-order valence-electron chi connectivity index (χ0n) is 7.31. The third-order valence-corrected chi connectivity index (χ3v) is 1.99. The standard InChI is InChI=1S/C9H14N2/c1-4-8-7(3)11-5-6(2)9(8)10/h5H,4H2,1-3H3,(H2,10,11). The van der Waals surface area contributed by atoms with Crippen molar-refractivity contribution in [2.75, 3.05) is 5.73 Å². The minimum atomic E-state index is 0.903. The zero-order chi connectivity index (χ0) is 8.43. The van der Waals surface area contributed by atoms with E-state index < -0.39 is 0 Å². The van der Waals surface area contributed by atoms with Gasteiger partial charge in [0.2, 0.25) is 0 Å². The number of pyridine rings is 1.